The first-order chi connectivity index (χ1) is 12.8. The lowest BCUT2D eigenvalue weighted by molar-refractivity contribution is -0.190. The summed E-state index contributed by atoms with van der Waals surface area (Å²) in [6, 6.07) is 0.502. The Labute approximate surface area is 152 Å². The standard InChI is InChI=1S/C19H25N5O2/c1-2-24-18-15(10-21-24)17(22-13-6-4-3-5-7-13)14(9-20-18)16-8-19(26-23-16)11-25-12-19/h8-10,13,23H,2-7,11-12H2,1H3,(H,20,22). The Hall–Kier alpha value is -2.12. The van der Waals surface area contributed by atoms with Crippen molar-refractivity contribution in [2.24, 2.45) is 0 Å². The van der Waals surface area contributed by atoms with Crippen LogP contribution in [0.4, 0.5) is 5.69 Å². The number of ether oxygens (including phenoxy) is 1. The Morgan fingerprint density at radius 3 is 2.81 bits per heavy atom. The third kappa shape index (κ3) is 2.57. The summed E-state index contributed by atoms with van der Waals surface area (Å²) in [5.74, 6) is 0. The highest BCUT2D eigenvalue weighted by molar-refractivity contribution is 5.95. The van der Waals surface area contributed by atoms with Gasteiger partial charge in [-0.3, -0.25) is 10.3 Å². The molecule has 0 aromatic carbocycles. The van der Waals surface area contributed by atoms with Gasteiger partial charge in [0.15, 0.2) is 11.2 Å². The molecule has 1 saturated carbocycles. The number of aryl methyl sites for hydroxylation is 1. The molecule has 1 saturated heterocycles. The van der Waals surface area contributed by atoms with E-state index in [1.54, 1.807) is 0 Å². The van der Waals surface area contributed by atoms with Gasteiger partial charge in [-0.2, -0.15) is 5.10 Å². The number of hydroxylamine groups is 1. The quantitative estimate of drug-likeness (QED) is 0.879. The van der Waals surface area contributed by atoms with E-state index in [0.29, 0.717) is 19.3 Å². The molecule has 0 radical (unpaired) electrons. The van der Waals surface area contributed by atoms with E-state index in [-0.39, 0.29) is 5.60 Å². The van der Waals surface area contributed by atoms with E-state index in [1.165, 1.54) is 32.1 Å². The van der Waals surface area contributed by atoms with Gasteiger partial charge in [-0.25, -0.2) is 9.67 Å². The molecule has 0 amide bonds. The van der Waals surface area contributed by atoms with E-state index in [0.717, 1.165) is 34.5 Å². The number of nitrogens with zero attached hydrogens (tertiary/aromatic N) is 3. The lowest BCUT2D eigenvalue weighted by atomic mass is 9.94. The van der Waals surface area contributed by atoms with E-state index >= 15 is 0 Å². The van der Waals surface area contributed by atoms with Crippen LogP contribution in [0.1, 0.15) is 44.6 Å². The van der Waals surface area contributed by atoms with Crippen molar-refractivity contribution in [3.8, 4) is 0 Å². The summed E-state index contributed by atoms with van der Waals surface area (Å²) < 4.78 is 7.27. The normalized spacial score (nSPS) is 22.3. The van der Waals surface area contributed by atoms with Crippen molar-refractivity contribution in [2.75, 3.05) is 18.5 Å². The molecule has 0 bridgehead atoms. The zero-order valence-corrected chi connectivity index (χ0v) is 15.1. The molecular weight excluding hydrogens is 330 g/mol. The van der Waals surface area contributed by atoms with Gasteiger partial charge in [-0.1, -0.05) is 19.3 Å². The maximum Gasteiger partial charge on any atom is 0.163 e. The molecule has 2 N–H and O–H groups in total. The van der Waals surface area contributed by atoms with Gasteiger partial charge in [-0.05, 0) is 25.8 Å². The fourth-order valence-electron chi connectivity index (χ4n) is 4.13. The summed E-state index contributed by atoms with van der Waals surface area (Å²) in [5.41, 5.74) is 6.83. The molecule has 2 aliphatic heterocycles. The van der Waals surface area contributed by atoms with Crippen molar-refractivity contribution in [3.05, 3.63) is 24.0 Å². The van der Waals surface area contributed by atoms with Crippen LogP contribution >= 0.6 is 0 Å². The first-order valence-corrected chi connectivity index (χ1v) is 9.64. The fraction of sp³-hybridized carbons (Fsp3) is 0.579. The van der Waals surface area contributed by atoms with Gasteiger partial charge in [0.25, 0.3) is 0 Å². The van der Waals surface area contributed by atoms with Crippen molar-refractivity contribution in [3.63, 3.8) is 0 Å². The third-order valence-electron chi connectivity index (χ3n) is 5.67. The monoisotopic (exact) mass is 355 g/mol. The van der Waals surface area contributed by atoms with Gasteiger partial charge in [0.1, 0.15) is 0 Å². The molecule has 1 spiro atoms. The minimum atomic E-state index is -0.319. The predicted molar refractivity (Wildman–Crippen MR) is 99.4 cm³/mol. The molecule has 1 aliphatic carbocycles. The van der Waals surface area contributed by atoms with Gasteiger partial charge < -0.3 is 10.1 Å². The molecule has 2 fully saturated rings. The Bertz CT molecular complexity index is 849. The lowest BCUT2D eigenvalue weighted by Gasteiger charge is -2.33. The average Bonchev–Trinajstić information content (AvgIpc) is 3.27. The number of pyridine rings is 1. The highest BCUT2D eigenvalue weighted by Crippen LogP contribution is 2.37. The molecule has 7 nitrogen and oxygen atoms in total. The second kappa shape index (κ2) is 6.25. The molecule has 2 aromatic heterocycles. The number of fused-ring (bicyclic) bond motifs is 1. The number of rotatable bonds is 4. The number of anilines is 1. The molecule has 5 rings (SSSR count). The maximum absolute atomic E-state index is 5.78. The summed E-state index contributed by atoms with van der Waals surface area (Å²) in [7, 11) is 0. The maximum atomic E-state index is 5.78. The SMILES string of the molecule is CCn1ncc2c(NC3CCCCC3)c(C3=CC4(COC4)ON3)cnc21. The van der Waals surface area contributed by atoms with Crippen molar-refractivity contribution < 1.29 is 9.57 Å². The third-order valence-corrected chi connectivity index (χ3v) is 5.67. The van der Waals surface area contributed by atoms with E-state index < -0.39 is 0 Å². The molecule has 3 aliphatic rings. The van der Waals surface area contributed by atoms with Crippen LogP contribution in [0, 0.1) is 0 Å². The second-order valence-corrected chi connectivity index (χ2v) is 7.54. The van der Waals surface area contributed by atoms with Gasteiger partial charge in [0.2, 0.25) is 0 Å². The van der Waals surface area contributed by atoms with Crippen LogP contribution in [0.15, 0.2) is 18.5 Å². The van der Waals surface area contributed by atoms with Crippen molar-refractivity contribution in [1.82, 2.24) is 20.2 Å². The number of hydrogen-bond donors (Lipinski definition) is 2. The van der Waals surface area contributed by atoms with Gasteiger partial charge in [0, 0.05) is 24.3 Å². The molecule has 4 heterocycles. The molecule has 0 unspecified atom stereocenters. The number of nitrogens with one attached hydrogen (secondary N) is 2. The molecular formula is C19H25N5O2. The summed E-state index contributed by atoms with van der Waals surface area (Å²) >= 11 is 0. The van der Waals surface area contributed by atoms with Crippen LogP contribution in [-0.4, -0.2) is 39.6 Å². The van der Waals surface area contributed by atoms with Gasteiger partial charge in [0.05, 0.1) is 36.2 Å². The number of aromatic nitrogens is 3. The molecule has 26 heavy (non-hydrogen) atoms. The predicted octanol–water partition coefficient (Wildman–Crippen LogP) is 2.84. The molecule has 0 atom stereocenters. The zero-order valence-electron chi connectivity index (χ0n) is 15.1. The average molecular weight is 355 g/mol. The first-order valence-electron chi connectivity index (χ1n) is 9.64. The van der Waals surface area contributed by atoms with Gasteiger partial charge in [-0.15, -0.1) is 0 Å². The highest BCUT2D eigenvalue weighted by atomic mass is 16.7. The summed E-state index contributed by atoms with van der Waals surface area (Å²) in [6.07, 6.45) is 12.3. The summed E-state index contributed by atoms with van der Waals surface area (Å²) in [6.45, 7) is 4.09. The van der Waals surface area contributed by atoms with Crippen LogP contribution in [0.25, 0.3) is 16.7 Å². The molecule has 7 heteroatoms. The Morgan fingerprint density at radius 1 is 1.27 bits per heavy atom. The van der Waals surface area contributed by atoms with Crippen LogP contribution < -0.4 is 10.8 Å². The topological polar surface area (TPSA) is 73.2 Å². The van der Waals surface area contributed by atoms with Crippen LogP contribution in [0.2, 0.25) is 0 Å². The molecule has 2 aromatic rings. The van der Waals surface area contributed by atoms with Crippen molar-refractivity contribution >= 4 is 22.4 Å². The fourth-order valence-corrected chi connectivity index (χ4v) is 4.13. The largest absolute Gasteiger partial charge is 0.381 e. The minimum absolute atomic E-state index is 0.319. The zero-order chi connectivity index (χ0) is 17.6. The highest BCUT2D eigenvalue weighted by Gasteiger charge is 2.43. The van der Waals surface area contributed by atoms with E-state index in [2.05, 4.69) is 28.9 Å². The van der Waals surface area contributed by atoms with Crippen LogP contribution in [-0.2, 0) is 16.1 Å². The summed E-state index contributed by atoms with van der Waals surface area (Å²) in [4.78, 5) is 10.5. The second-order valence-electron chi connectivity index (χ2n) is 7.54. The van der Waals surface area contributed by atoms with E-state index in [1.807, 2.05) is 17.1 Å². The van der Waals surface area contributed by atoms with Crippen LogP contribution in [0.3, 0.4) is 0 Å². The summed E-state index contributed by atoms with van der Waals surface area (Å²) in [5, 5.41) is 9.40. The van der Waals surface area contributed by atoms with Crippen LogP contribution in [0.5, 0.6) is 0 Å². The van der Waals surface area contributed by atoms with Gasteiger partial charge >= 0.3 is 0 Å². The van der Waals surface area contributed by atoms with Crippen molar-refractivity contribution in [1.29, 1.82) is 0 Å². The Morgan fingerprint density at radius 2 is 2.12 bits per heavy atom. The molecule has 138 valence electrons. The number of hydrogen-bond acceptors (Lipinski definition) is 6. The van der Waals surface area contributed by atoms with Crippen molar-refractivity contribution in [2.45, 2.75) is 57.2 Å². The Balaban J connectivity index is 1.58. The minimum Gasteiger partial charge on any atom is -0.381 e. The smallest absolute Gasteiger partial charge is 0.163 e. The lowest BCUT2D eigenvalue weighted by Crippen LogP contribution is -2.49. The first kappa shape index (κ1) is 16.1. The van der Waals surface area contributed by atoms with E-state index in [4.69, 9.17) is 14.6 Å². The Kier molecular flexibility index (Phi) is 3.86. The van der Waals surface area contributed by atoms with E-state index in [9.17, 15) is 0 Å².